The Morgan fingerprint density at radius 2 is 1.84 bits per heavy atom. The fraction of sp³-hybridized carbons (Fsp3) is 0.556. The van der Waals surface area contributed by atoms with Crippen molar-refractivity contribution in [3.63, 3.8) is 0 Å². The van der Waals surface area contributed by atoms with Crippen LogP contribution in [-0.2, 0) is 14.4 Å². The molecule has 0 spiro atoms. The SMILES string of the molecule is CCC(C)(C)NC(=O)[C@H](c1cccc(OC)c1OC)N(CC(C)C)C(=O)CCC(=O)Nc1cc(C)on1. The number of ether oxygens (including phenoxy) is 2. The molecule has 2 aromatic rings. The average Bonchev–Trinajstić information content (AvgIpc) is 3.25. The lowest BCUT2D eigenvalue weighted by Crippen LogP contribution is -2.51. The number of amides is 3. The minimum absolute atomic E-state index is 0.0574. The van der Waals surface area contributed by atoms with E-state index in [1.54, 1.807) is 31.2 Å². The van der Waals surface area contributed by atoms with Crippen molar-refractivity contribution in [3.05, 3.63) is 35.6 Å². The van der Waals surface area contributed by atoms with Crippen LogP contribution in [0.3, 0.4) is 0 Å². The number of methoxy groups -OCH3 is 2. The van der Waals surface area contributed by atoms with Crippen molar-refractivity contribution in [1.82, 2.24) is 15.4 Å². The standard InChI is InChI=1S/C27H40N4O6/c1-9-27(5,6)29-26(34)24(19-11-10-12-20(35-7)25(19)36-8)31(16-17(2)3)23(33)14-13-22(32)28-21-15-18(4)37-30-21/h10-12,15,17,24H,9,13-14,16H2,1-8H3,(H,29,34)(H,28,30,32)/t24-/m0/s1. The van der Waals surface area contributed by atoms with Gasteiger partial charge in [-0.2, -0.15) is 0 Å². The molecule has 0 radical (unpaired) electrons. The van der Waals surface area contributed by atoms with E-state index < -0.39 is 11.6 Å². The van der Waals surface area contributed by atoms with Crippen LogP contribution in [0.25, 0.3) is 0 Å². The van der Waals surface area contributed by atoms with E-state index >= 15 is 0 Å². The van der Waals surface area contributed by atoms with Gasteiger partial charge in [-0.3, -0.25) is 14.4 Å². The normalized spacial score (nSPS) is 12.1. The van der Waals surface area contributed by atoms with E-state index in [9.17, 15) is 14.4 Å². The number of carbonyl (C=O) groups is 3. The number of hydrogen-bond acceptors (Lipinski definition) is 7. The van der Waals surface area contributed by atoms with Crippen molar-refractivity contribution in [1.29, 1.82) is 0 Å². The van der Waals surface area contributed by atoms with Gasteiger partial charge in [0.2, 0.25) is 17.7 Å². The Hall–Kier alpha value is -3.56. The molecule has 1 aromatic carbocycles. The summed E-state index contributed by atoms with van der Waals surface area (Å²) in [4.78, 5) is 41.4. The highest BCUT2D eigenvalue weighted by molar-refractivity contribution is 5.94. The second-order valence-corrected chi connectivity index (χ2v) is 10.0. The van der Waals surface area contributed by atoms with Gasteiger partial charge in [0, 0.05) is 36.6 Å². The molecule has 0 aliphatic carbocycles. The predicted molar refractivity (Wildman–Crippen MR) is 140 cm³/mol. The number of aryl methyl sites for hydroxylation is 1. The third kappa shape index (κ3) is 8.23. The Kier molecular flexibility index (Phi) is 10.5. The van der Waals surface area contributed by atoms with Crippen molar-refractivity contribution in [2.45, 2.75) is 72.4 Å². The minimum Gasteiger partial charge on any atom is -0.493 e. The van der Waals surface area contributed by atoms with Gasteiger partial charge < -0.3 is 29.5 Å². The molecule has 1 atom stereocenters. The highest BCUT2D eigenvalue weighted by Gasteiger charge is 2.36. The second-order valence-electron chi connectivity index (χ2n) is 10.0. The summed E-state index contributed by atoms with van der Waals surface area (Å²) in [6.07, 6.45) is 0.520. The quantitative estimate of drug-likeness (QED) is 0.408. The Balaban J connectivity index is 2.42. The van der Waals surface area contributed by atoms with Gasteiger partial charge in [0.05, 0.1) is 14.2 Å². The number of rotatable bonds is 13. The minimum atomic E-state index is -0.993. The lowest BCUT2D eigenvalue weighted by molar-refractivity contribution is -0.142. The van der Waals surface area contributed by atoms with Gasteiger partial charge in [-0.1, -0.05) is 38.1 Å². The molecule has 0 fully saturated rings. The Morgan fingerprint density at radius 3 is 2.38 bits per heavy atom. The van der Waals surface area contributed by atoms with Crippen LogP contribution in [0.1, 0.15) is 71.2 Å². The van der Waals surface area contributed by atoms with E-state index in [4.69, 9.17) is 14.0 Å². The fourth-order valence-electron chi connectivity index (χ4n) is 3.81. The lowest BCUT2D eigenvalue weighted by atomic mass is 9.97. The molecule has 0 bridgehead atoms. The van der Waals surface area contributed by atoms with E-state index in [0.717, 1.165) is 0 Å². The van der Waals surface area contributed by atoms with Crippen LogP contribution in [0.5, 0.6) is 11.5 Å². The first-order valence-corrected chi connectivity index (χ1v) is 12.5. The summed E-state index contributed by atoms with van der Waals surface area (Å²) in [6.45, 7) is 11.8. The molecule has 1 aromatic heterocycles. The molecule has 0 unspecified atom stereocenters. The van der Waals surface area contributed by atoms with Gasteiger partial charge in [0.25, 0.3) is 0 Å². The number of nitrogens with zero attached hydrogens (tertiary/aromatic N) is 2. The molecule has 0 aliphatic heterocycles. The summed E-state index contributed by atoms with van der Waals surface area (Å²) >= 11 is 0. The van der Waals surface area contributed by atoms with Gasteiger partial charge in [-0.15, -0.1) is 0 Å². The molecule has 3 amide bonds. The number of aromatic nitrogens is 1. The summed E-state index contributed by atoms with van der Waals surface area (Å²) in [5.41, 5.74) is 0.00614. The molecule has 204 valence electrons. The number of carbonyl (C=O) groups excluding carboxylic acids is 3. The zero-order chi connectivity index (χ0) is 27.8. The first kappa shape index (κ1) is 29.7. The van der Waals surface area contributed by atoms with Crippen LogP contribution >= 0.6 is 0 Å². The molecule has 2 rings (SSSR count). The summed E-state index contributed by atoms with van der Waals surface area (Å²) in [5, 5.41) is 9.44. The third-order valence-corrected chi connectivity index (χ3v) is 5.98. The molecule has 2 N–H and O–H groups in total. The average molecular weight is 517 g/mol. The van der Waals surface area contributed by atoms with Crippen molar-refractivity contribution < 1.29 is 28.4 Å². The monoisotopic (exact) mass is 516 g/mol. The smallest absolute Gasteiger partial charge is 0.248 e. The lowest BCUT2D eigenvalue weighted by Gasteiger charge is -2.36. The molecule has 0 aliphatic rings. The Bertz CT molecular complexity index is 1080. The van der Waals surface area contributed by atoms with Crippen molar-refractivity contribution in [3.8, 4) is 11.5 Å². The van der Waals surface area contributed by atoms with Gasteiger partial charge >= 0.3 is 0 Å². The third-order valence-electron chi connectivity index (χ3n) is 5.98. The maximum Gasteiger partial charge on any atom is 0.248 e. The first-order chi connectivity index (χ1) is 17.4. The zero-order valence-corrected chi connectivity index (χ0v) is 23.1. The van der Waals surface area contributed by atoms with E-state index in [0.29, 0.717) is 35.8 Å². The summed E-state index contributed by atoms with van der Waals surface area (Å²) < 4.78 is 16.1. The Labute approximate surface area is 219 Å². The van der Waals surface area contributed by atoms with Crippen LogP contribution in [0.4, 0.5) is 5.82 Å². The van der Waals surface area contributed by atoms with E-state index in [2.05, 4.69) is 15.8 Å². The van der Waals surface area contributed by atoms with E-state index in [1.807, 2.05) is 34.6 Å². The predicted octanol–water partition coefficient (Wildman–Crippen LogP) is 4.25. The molecular formula is C27H40N4O6. The second kappa shape index (κ2) is 13.1. The molecule has 10 heteroatoms. The molecule has 1 heterocycles. The fourth-order valence-corrected chi connectivity index (χ4v) is 3.81. The van der Waals surface area contributed by atoms with Crippen molar-refractivity contribution >= 4 is 23.5 Å². The van der Waals surface area contributed by atoms with Crippen LogP contribution in [-0.4, -0.2) is 54.1 Å². The largest absolute Gasteiger partial charge is 0.493 e. The molecule has 37 heavy (non-hydrogen) atoms. The Morgan fingerprint density at radius 1 is 1.14 bits per heavy atom. The van der Waals surface area contributed by atoms with Gasteiger partial charge in [-0.25, -0.2) is 0 Å². The van der Waals surface area contributed by atoms with Gasteiger partial charge in [0.1, 0.15) is 11.8 Å². The number of anilines is 1. The van der Waals surface area contributed by atoms with Gasteiger partial charge in [0.15, 0.2) is 17.3 Å². The van der Waals surface area contributed by atoms with Crippen LogP contribution in [0.15, 0.2) is 28.8 Å². The van der Waals surface area contributed by atoms with Crippen LogP contribution in [0, 0.1) is 12.8 Å². The van der Waals surface area contributed by atoms with E-state index in [1.165, 1.54) is 19.1 Å². The van der Waals surface area contributed by atoms with Gasteiger partial charge in [-0.05, 0) is 39.2 Å². The first-order valence-electron chi connectivity index (χ1n) is 12.5. The molecule has 10 nitrogen and oxygen atoms in total. The van der Waals surface area contributed by atoms with Crippen LogP contribution < -0.4 is 20.1 Å². The summed E-state index contributed by atoms with van der Waals surface area (Å²) in [5.74, 6) is 0.682. The maximum atomic E-state index is 13.8. The zero-order valence-electron chi connectivity index (χ0n) is 23.1. The number of benzene rings is 1. The number of nitrogens with one attached hydrogen (secondary N) is 2. The van der Waals surface area contributed by atoms with Crippen LogP contribution in [0.2, 0.25) is 0 Å². The summed E-state index contributed by atoms with van der Waals surface area (Å²) in [7, 11) is 3.01. The number of para-hydroxylation sites is 1. The molecule has 0 saturated heterocycles. The molecule has 0 saturated carbocycles. The molecular weight excluding hydrogens is 476 g/mol. The maximum absolute atomic E-state index is 13.8. The highest BCUT2D eigenvalue weighted by atomic mass is 16.5. The van der Waals surface area contributed by atoms with Crippen molar-refractivity contribution in [2.24, 2.45) is 5.92 Å². The summed E-state index contributed by atoms with van der Waals surface area (Å²) in [6, 6.07) is 5.85. The van der Waals surface area contributed by atoms with E-state index in [-0.39, 0.29) is 42.3 Å². The number of hydrogen-bond donors (Lipinski definition) is 2. The van der Waals surface area contributed by atoms with Crippen molar-refractivity contribution in [2.75, 3.05) is 26.1 Å². The highest BCUT2D eigenvalue weighted by Crippen LogP contribution is 2.38. The topological polar surface area (TPSA) is 123 Å².